The monoisotopic (exact) mass is 364 g/mol. The number of likely N-dealkylation sites (N-methyl/N-ethyl adjacent to an activating group) is 1. The first-order valence-corrected chi connectivity index (χ1v) is 9.33. The van der Waals surface area contributed by atoms with Crippen LogP contribution in [0.5, 0.6) is 0 Å². The van der Waals surface area contributed by atoms with E-state index in [4.69, 9.17) is 12.2 Å². The lowest BCUT2D eigenvalue weighted by Crippen LogP contribution is -2.30. The van der Waals surface area contributed by atoms with Crippen LogP contribution >= 0.6 is 24.0 Å². The van der Waals surface area contributed by atoms with E-state index in [1.54, 1.807) is 4.90 Å². The standard InChI is InChI=1S/C20H16N2OS2/c1-2-21-16-11-7-6-8-14(16)12-13-17(21)18-19(23)22(20(24)25-18)15-9-4-3-5-10-15/h3-13H,2H2,1H3. The number of hydrogen-bond donors (Lipinski definition) is 0. The number of amides is 1. The number of benzene rings is 2. The van der Waals surface area contributed by atoms with Gasteiger partial charge in [0.2, 0.25) is 0 Å². The molecule has 0 bridgehead atoms. The molecule has 2 aromatic rings. The minimum Gasteiger partial charge on any atom is -0.340 e. The summed E-state index contributed by atoms with van der Waals surface area (Å²) in [6.45, 7) is 2.88. The number of rotatable bonds is 2. The van der Waals surface area contributed by atoms with E-state index in [-0.39, 0.29) is 5.91 Å². The molecule has 2 aliphatic heterocycles. The van der Waals surface area contributed by atoms with E-state index < -0.39 is 0 Å². The SMILES string of the molecule is CCN1C(=C2SC(=S)N(c3ccccc3)C2=O)C=Cc2ccccc21. The first-order chi connectivity index (χ1) is 12.2. The molecule has 2 heterocycles. The fraction of sp³-hybridized carbons (Fsp3) is 0.100. The minimum atomic E-state index is -0.0568. The number of para-hydroxylation sites is 2. The Balaban J connectivity index is 1.79. The topological polar surface area (TPSA) is 23.6 Å². The maximum atomic E-state index is 13.1. The molecule has 25 heavy (non-hydrogen) atoms. The van der Waals surface area contributed by atoms with Gasteiger partial charge >= 0.3 is 0 Å². The number of allylic oxidation sites excluding steroid dienone is 1. The molecule has 4 rings (SSSR count). The second kappa shape index (κ2) is 6.50. The van der Waals surface area contributed by atoms with Crippen molar-refractivity contribution in [2.24, 2.45) is 0 Å². The molecule has 1 saturated heterocycles. The number of carbonyl (C=O) groups is 1. The van der Waals surface area contributed by atoms with Gasteiger partial charge in [0.25, 0.3) is 5.91 Å². The van der Waals surface area contributed by atoms with Crippen molar-refractivity contribution < 1.29 is 4.79 Å². The Morgan fingerprint density at radius 1 is 1.00 bits per heavy atom. The normalized spacial score (nSPS) is 19.6. The van der Waals surface area contributed by atoms with Crippen LogP contribution in [0.25, 0.3) is 6.08 Å². The van der Waals surface area contributed by atoms with Crippen LogP contribution in [-0.4, -0.2) is 16.8 Å². The molecule has 0 N–H and O–H groups in total. The number of fused-ring (bicyclic) bond motifs is 1. The third-order valence-corrected chi connectivity index (χ3v) is 5.65. The molecule has 2 aromatic carbocycles. The van der Waals surface area contributed by atoms with Gasteiger partial charge in [0.1, 0.15) is 4.91 Å². The van der Waals surface area contributed by atoms with Gasteiger partial charge in [0, 0.05) is 12.2 Å². The summed E-state index contributed by atoms with van der Waals surface area (Å²) in [5, 5.41) is 0. The van der Waals surface area contributed by atoms with Gasteiger partial charge in [0.05, 0.1) is 11.4 Å². The van der Waals surface area contributed by atoms with Crippen molar-refractivity contribution in [2.75, 3.05) is 16.3 Å². The highest BCUT2D eigenvalue weighted by Gasteiger charge is 2.37. The number of carbonyl (C=O) groups excluding carboxylic acids is 1. The van der Waals surface area contributed by atoms with Crippen molar-refractivity contribution in [3.05, 3.63) is 76.8 Å². The van der Waals surface area contributed by atoms with E-state index >= 15 is 0 Å². The Hall–Kier alpha value is -2.37. The van der Waals surface area contributed by atoms with E-state index in [0.717, 1.165) is 29.2 Å². The zero-order valence-corrected chi connectivity index (χ0v) is 15.3. The summed E-state index contributed by atoms with van der Waals surface area (Å²) in [5.74, 6) is -0.0568. The van der Waals surface area contributed by atoms with Crippen LogP contribution in [0.1, 0.15) is 12.5 Å². The van der Waals surface area contributed by atoms with Crippen molar-refractivity contribution in [3.8, 4) is 0 Å². The first-order valence-electron chi connectivity index (χ1n) is 8.11. The molecule has 3 nitrogen and oxygen atoms in total. The molecule has 0 aromatic heterocycles. The summed E-state index contributed by atoms with van der Waals surface area (Å²) in [7, 11) is 0. The summed E-state index contributed by atoms with van der Waals surface area (Å²) in [4.78, 5) is 17.6. The van der Waals surface area contributed by atoms with E-state index in [1.165, 1.54) is 11.8 Å². The molecular formula is C20H16N2OS2. The highest BCUT2D eigenvalue weighted by atomic mass is 32.2. The van der Waals surface area contributed by atoms with Gasteiger partial charge < -0.3 is 4.90 Å². The van der Waals surface area contributed by atoms with Gasteiger partial charge in [-0.25, -0.2) is 0 Å². The summed E-state index contributed by atoms with van der Waals surface area (Å²) >= 11 is 6.86. The highest BCUT2D eigenvalue weighted by molar-refractivity contribution is 8.27. The Kier molecular flexibility index (Phi) is 4.19. The lowest BCUT2D eigenvalue weighted by atomic mass is 10.1. The molecule has 0 saturated carbocycles. The first kappa shape index (κ1) is 16.1. The predicted octanol–water partition coefficient (Wildman–Crippen LogP) is 4.82. The average molecular weight is 364 g/mol. The van der Waals surface area contributed by atoms with Crippen molar-refractivity contribution in [3.63, 3.8) is 0 Å². The summed E-state index contributed by atoms with van der Waals surface area (Å²) in [6, 6.07) is 17.8. The number of anilines is 2. The quantitative estimate of drug-likeness (QED) is 0.563. The van der Waals surface area contributed by atoms with Crippen molar-refractivity contribution in [1.29, 1.82) is 0 Å². The smallest absolute Gasteiger partial charge is 0.272 e. The summed E-state index contributed by atoms with van der Waals surface area (Å²) < 4.78 is 0.571. The number of thioether (sulfide) groups is 1. The Morgan fingerprint density at radius 2 is 1.72 bits per heavy atom. The van der Waals surface area contributed by atoms with Gasteiger partial charge in [-0.2, -0.15) is 0 Å². The molecule has 124 valence electrons. The molecule has 0 atom stereocenters. The fourth-order valence-corrected chi connectivity index (χ4v) is 4.48. The van der Waals surface area contributed by atoms with Crippen LogP contribution in [0.15, 0.2) is 71.3 Å². The maximum absolute atomic E-state index is 13.1. The van der Waals surface area contributed by atoms with E-state index in [0.29, 0.717) is 9.23 Å². The van der Waals surface area contributed by atoms with Gasteiger partial charge in [-0.15, -0.1) is 0 Å². The molecular weight excluding hydrogens is 348 g/mol. The Bertz CT molecular complexity index is 918. The van der Waals surface area contributed by atoms with Crippen LogP contribution in [0.3, 0.4) is 0 Å². The largest absolute Gasteiger partial charge is 0.340 e. The van der Waals surface area contributed by atoms with Crippen LogP contribution in [0.4, 0.5) is 11.4 Å². The fourth-order valence-electron chi connectivity index (χ4n) is 3.12. The molecule has 0 unspecified atom stereocenters. The van der Waals surface area contributed by atoms with Crippen LogP contribution < -0.4 is 9.80 Å². The lowest BCUT2D eigenvalue weighted by molar-refractivity contribution is -0.113. The van der Waals surface area contributed by atoms with Crippen molar-refractivity contribution in [1.82, 2.24) is 0 Å². The molecule has 1 fully saturated rings. The minimum absolute atomic E-state index is 0.0568. The molecule has 0 aliphatic carbocycles. The average Bonchev–Trinajstić information content (AvgIpc) is 2.95. The highest BCUT2D eigenvalue weighted by Crippen LogP contribution is 2.41. The van der Waals surface area contributed by atoms with Crippen molar-refractivity contribution >= 4 is 51.7 Å². The summed E-state index contributed by atoms with van der Waals surface area (Å²) in [6.07, 6.45) is 4.08. The number of hydrogen-bond acceptors (Lipinski definition) is 4. The van der Waals surface area contributed by atoms with Crippen molar-refractivity contribution in [2.45, 2.75) is 6.92 Å². The van der Waals surface area contributed by atoms with E-state index in [1.807, 2.05) is 48.5 Å². The molecule has 0 spiro atoms. The number of nitrogens with zero attached hydrogens (tertiary/aromatic N) is 2. The van der Waals surface area contributed by atoms with Gasteiger partial charge in [-0.05, 0) is 36.8 Å². The molecule has 0 radical (unpaired) electrons. The lowest BCUT2D eigenvalue weighted by Gasteiger charge is -2.30. The maximum Gasteiger partial charge on any atom is 0.272 e. The predicted molar refractivity (Wildman–Crippen MR) is 110 cm³/mol. The van der Waals surface area contributed by atoms with Crippen LogP contribution in [0, 0.1) is 0 Å². The van der Waals surface area contributed by atoms with Crippen LogP contribution in [0.2, 0.25) is 0 Å². The van der Waals surface area contributed by atoms with Gasteiger partial charge in [-0.1, -0.05) is 66.5 Å². The number of thiocarbonyl (C=S) groups is 1. The zero-order valence-electron chi connectivity index (χ0n) is 13.7. The Labute approximate surface area is 156 Å². The van der Waals surface area contributed by atoms with E-state index in [2.05, 4.69) is 30.0 Å². The molecule has 5 heteroatoms. The Morgan fingerprint density at radius 3 is 2.48 bits per heavy atom. The molecule has 1 amide bonds. The van der Waals surface area contributed by atoms with Crippen LogP contribution in [-0.2, 0) is 4.79 Å². The molecule has 2 aliphatic rings. The zero-order chi connectivity index (χ0) is 17.4. The second-order valence-electron chi connectivity index (χ2n) is 5.69. The summed E-state index contributed by atoms with van der Waals surface area (Å²) in [5.41, 5.74) is 4.00. The van der Waals surface area contributed by atoms with E-state index in [9.17, 15) is 4.79 Å². The van der Waals surface area contributed by atoms with Gasteiger partial charge in [-0.3, -0.25) is 9.69 Å². The van der Waals surface area contributed by atoms with Gasteiger partial charge in [0.15, 0.2) is 4.32 Å². The third kappa shape index (κ3) is 2.69. The third-order valence-electron chi connectivity index (χ3n) is 4.27. The second-order valence-corrected chi connectivity index (χ2v) is 7.34.